The molecule has 0 saturated heterocycles. The summed E-state index contributed by atoms with van der Waals surface area (Å²) in [6.45, 7) is 14.4. The van der Waals surface area contributed by atoms with Crippen LogP contribution in [-0.4, -0.2) is 22.1 Å². The maximum Gasteiger partial charge on any atom is 0.0833 e. The first-order chi connectivity index (χ1) is 15.2. The van der Waals surface area contributed by atoms with Crippen molar-refractivity contribution in [2.45, 2.75) is 99.0 Å². The second kappa shape index (κ2) is 8.93. The summed E-state index contributed by atoms with van der Waals surface area (Å²) in [5.74, 6) is 4.75. The molecule has 0 aromatic heterocycles. The zero-order valence-electron chi connectivity index (χ0n) is 21.3. The van der Waals surface area contributed by atoms with E-state index in [1.807, 2.05) is 6.08 Å². The molecule has 3 fully saturated rings. The Morgan fingerprint density at radius 2 is 1.81 bits per heavy atom. The van der Waals surface area contributed by atoms with Crippen LogP contribution >= 0.6 is 0 Å². The van der Waals surface area contributed by atoms with Crippen LogP contribution in [0.25, 0.3) is 0 Å². The van der Waals surface area contributed by atoms with Crippen LogP contribution < -0.4 is 0 Å². The lowest BCUT2D eigenvalue weighted by atomic mass is 9.46. The molecule has 1 unspecified atom stereocenters. The first-order valence-corrected chi connectivity index (χ1v) is 13.5. The summed E-state index contributed by atoms with van der Waals surface area (Å²) in [6.07, 6.45) is 15.9. The van der Waals surface area contributed by atoms with Gasteiger partial charge in [-0.15, -0.1) is 0 Å². The third-order valence-corrected chi connectivity index (χ3v) is 10.7. The lowest BCUT2D eigenvalue weighted by Crippen LogP contribution is -2.53. The normalized spacial score (nSPS) is 44.8. The van der Waals surface area contributed by atoms with Crippen molar-refractivity contribution >= 4 is 5.71 Å². The number of allylic oxidation sites excluding steroid dienone is 3. The molecule has 0 aliphatic heterocycles. The van der Waals surface area contributed by atoms with Crippen LogP contribution in [0.15, 0.2) is 29.0 Å². The summed E-state index contributed by atoms with van der Waals surface area (Å²) in [7, 11) is 0. The number of nitrogens with zero attached hydrogens (tertiary/aromatic N) is 1. The lowest BCUT2D eigenvalue weighted by molar-refractivity contribution is -0.0436. The van der Waals surface area contributed by atoms with Gasteiger partial charge in [-0.25, -0.2) is 0 Å². The summed E-state index contributed by atoms with van der Waals surface area (Å²) in [5.41, 5.74) is 2.45. The topological polar surface area (TPSA) is 52.8 Å². The monoisotopic (exact) mass is 441 g/mol. The van der Waals surface area contributed by atoms with E-state index in [1.165, 1.54) is 32.1 Å². The fourth-order valence-electron chi connectivity index (χ4n) is 8.84. The fraction of sp³-hybridized carbons (Fsp3) is 0.828. The highest BCUT2D eigenvalue weighted by atomic mass is 16.4. The number of rotatable bonds is 5. The number of fused-ring (bicyclic) bond motifs is 5. The van der Waals surface area contributed by atoms with Crippen LogP contribution in [-0.2, 0) is 0 Å². The van der Waals surface area contributed by atoms with Gasteiger partial charge in [-0.3, -0.25) is 0 Å². The molecule has 2 N–H and O–H groups in total. The van der Waals surface area contributed by atoms with Gasteiger partial charge in [0.1, 0.15) is 0 Å². The van der Waals surface area contributed by atoms with E-state index in [4.69, 9.17) is 0 Å². The minimum absolute atomic E-state index is 0.0558. The molecule has 3 nitrogen and oxygen atoms in total. The lowest BCUT2D eigenvalue weighted by Gasteiger charge is -2.58. The largest absolute Gasteiger partial charge is 0.411 e. The third-order valence-electron chi connectivity index (χ3n) is 10.7. The molecule has 0 aromatic carbocycles. The standard InChI is InChI=1S/C29H47NO2/c1-7-20(18(2)3)9-8-19(4)23-10-11-24-22-17-27(30-32)26-16-21(31)12-14-29(26,6)25(22)13-15-28(23,24)5/h8-9,16,18-25,31-32H,7,10-15,17H2,1-6H3/b9-8?,30-27-/t19-,20-,21?,22+,23-,24+,25+,28-,29-/m1/s1. The van der Waals surface area contributed by atoms with Crippen LogP contribution in [0.1, 0.15) is 92.9 Å². The van der Waals surface area contributed by atoms with Gasteiger partial charge in [0.15, 0.2) is 0 Å². The Morgan fingerprint density at radius 3 is 2.47 bits per heavy atom. The predicted molar refractivity (Wildman–Crippen MR) is 133 cm³/mol. The van der Waals surface area contributed by atoms with Crippen molar-refractivity contribution in [2.24, 2.45) is 57.4 Å². The number of hydrogen-bond acceptors (Lipinski definition) is 3. The van der Waals surface area contributed by atoms with E-state index in [1.54, 1.807) is 0 Å². The Labute approximate surface area is 196 Å². The highest BCUT2D eigenvalue weighted by Crippen LogP contribution is 2.67. The SMILES string of the molecule is CC[C@H](C=C[C@@H](C)[C@H]1CC[C@H]2[C@@H]3C/C(=N/O)C4=CC(O)CC[C@]4(C)[C@H]3CC[C@]12C)C(C)C. The minimum Gasteiger partial charge on any atom is -0.411 e. The number of oxime groups is 1. The average molecular weight is 442 g/mol. The molecule has 0 bridgehead atoms. The van der Waals surface area contributed by atoms with E-state index < -0.39 is 0 Å². The Bertz CT molecular complexity index is 782. The van der Waals surface area contributed by atoms with E-state index in [9.17, 15) is 10.3 Å². The molecule has 4 rings (SSSR count). The smallest absolute Gasteiger partial charge is 0.0833 e. The number of hydrogen-bond donors (Lipinski definition) is 2. The summed E-state index contributed by atoms with van der Waals surface area (Å²) in [4.78, 5) is 0. The van der Waals surface area contributed by atoms with Gasteiger partial charge in [-0.1, -0.05) is 64.9 Å². The summed E-state index contributed by atoms with van der Waals surface area (Å²) < 4.78 is 0. The molecule has 9 atom stereocenters. The van der Waals surface area contributed by atoms with E-state index in [0.29, 0.717) is 35.0 Å². The zero-order chi connectivity index (χ0) is 23.3. The number of aliphatic hydroxyl groups excluding tert-OH is 1. The molecule has 0 radical (unpaired) electrons. The third kappa shape index (κ3) is 3.81. The summed E-state index contributed by atoms with van der Waals surface area (Å²) in [6, 6.07) is 0. The summed E-state index contributed by atoms with van der Waals surface area (Å²) in [5, 5.41) is 24.0. The van der Waals surface area contributed by atoms with Gasteiger partial charge in [0.2, 0.25) is 0 Å². The van der Waals surface area contributed by atoms with Gasteiger partial charge in [0.25, 0.3) is 0 Å². The maximum atomic E-state index is 10.3. The van der Waals surface area contributed by atoms with Gasteiger partial charge in [-0.05, 0) is 109 Å². The first-order valence-electron chi connectivity index (χ1n) is 13.5. The van der Waals surface area contributed by atoms with Crippen LogP contribution in [0, 0.1) is 52.3 Å². The Hall–Kier alpha value is -1.09. The van der Waals surface area contributed by atoms with E-state index in [0.717, 1.165) is 42.4 Å². The van der Waals surface area contributed by atoms with Crippen LogP contribution in [0.3, 0.4) is 0 Å². The first kappa shape index (κ1) is 24.0. The number of aliphatic hydroxyl groups is 1. The van der Waals surface area contributed by atoms with Crippen molar-refractivity contribution in [2.75, 3.05) is 0 Å². The van der Waals surface area contributed by atoms with E-state index >= 15 is 0 Å². The van der Waals surface area contributed by atoms with Gasteiger partial charge >= 0.3 is 0 Å². The van der Waals surface area contributed by atoms with E-state index in [2.05, 4.69) is 58.9 Å². The second-order valence-electron chi connectivity index (χ2n) is 12.5. The molecular formula is C29H47NO2. The molecule has 0 amide bonds. The van der Waals surface area contributed by atoms with Gasteiger partial charge < -0.3 is 10.3 Å². The second-order valence-corrected chi connectivity index (χ2v) is 12.5. The molecule has 3 heteroatoms. The van der Waals surface area contributed by atoms with Crippen molar-refractivity contribution in [3.05, 3.63) is 23.8 Å². The van der Waals surface area contributed by atoms with Crippen molar-refractivity contribution in [1.29, 1.82) is 0 Å². The molecule has 180 valence electrons. The highest BCUT2D eigenvalue weighted by molar-refractivity contribution is 6.02. The van der Waals surface area contributed by atoms with Crippen molar-refractivity contribution in [3.63, 3.8) is 0 Å². The van der Waals surface area contributed by atoms with Gasteiger partial charge in [-0.2, -0.15) is 0 Å². The molecule has 4 aliphatic rings. The molecule has 3 saturated carbocycles. The molecule has 0 aromatic rings. The quantitative estimate of drug-likeness (QED) is 0.268. The average Bonchev–Trinajstić information content (AvgIpc) is 3.11. The Kier molecular flexibility index (Phi) is 6.71. The van der Waals surface area contributed by atoms with Crippen molar-refractivity contribution in [1.82, 2.24) is 0 Å². The van der Waals surface area contributed by atoms with Crippen LogP contribution in [0.2, 0.25) is 0 Å². The molecule has 0 heterocycles. The predicted octanol–water partition coefficient (Wildman–Crippen LogP) is 7.24. The summed E-state index contributed by atoms with van der Waals surface area (Å²) >= 11 is 0. The van der Waals surface area contributed by atoms with Crippen LogP contribution in [0.4, 0.5) is 0 Å². The maximum absolute atomic E-state index is 10.3. The Morgan fingerprint density at radius 1 is 1.06 bits per heavy atom. The van der Waals surface area contributed by atoms with Crippen molar-refractivity contribution in [3.8, 4) is 0 Å². The van der Waals surface area contributed by atoms with E-state index in [-0.39, 0.29) is 11.5 Å². The van der Waals surface area contributed by atoms with Gasteiger partial charge in [0.05, 0.1) is 11.8 Å². The van der Waals surface area contributed by atoms with Crippen LogP contribution in [0.5, 0.6) is 0 Å². The Balaban J connectivity index is 1.58. The van der Waals surface area contributed by atoms with Crippen molar-refractivity contribution < 1.29 is 10.3 Å². The molecular weight excluding hydrogens is 394 g/mol. The molecule has 32 heavy (non-hydrogen) atoms. The fourth-order valence-corrected chi connectivity index (χ4v) is 8.84. The zero-order valence-corrected chi connectivity index (χ0v) is 21.3. The molecule has 0 spiro atoms. The highest BCUT2D eigenvalue weighted by Gasteiger charge is 2.60. The minimum atomic E-state index is -0.387. The van der Waals surface area contributed by atoms with Gasteiger partial charge in [0, 0.05) is 0 Å². The molecule has 4 aliphatic carbocycles.